The lowest BCUT2D eigenvalue weighted by Crippen LogP contribution is -2.08. The highest BCUT2D eigenvalue weighted by Crippen LogP contribution is 2.46. The quantitative estimate of drug-likeness (QED) is 0.701. The van der Waals surface area contributed by atoms with Crippen molar-refractivity contribution in [1.29, 1.82) is 0 Å². The minimum absolute atomic E-state index is 0.0764. The van der Waals surface area contributed by atoms with Crippen LogP contribution in [-0.4, -0.2) is 0 Å². The van der Waals surface area contributed by atoms with Crippen LogP contribution in [0.4, 0.5) is 14.5 Å². The van der Waals surface area contributed by atoms with Crippen LogP contribution in [-0.2, 0) is 12.3 Å². The van der Waals surface area contributed by atoms with Crippen molar-refractivity contribution in [3.8, 4) is 0 Å². The Hall–Kier alpha value is -0.640. The molecule has 0 fully saturated rings. The second kappa shape index (κ2) is 2.67. The Bertz CT molecular complexity index is 363. The standard InChI is InChI=1S/C9H8BrF2N/c10-6-1-2-7(13)5-3-4-9(11,12)8(5)6/h1-2H,3-4,13H2. The number of benzene rings is 1. The van der Waals surface area contributed by atoms with E-state index < -0.39 is 5.92 Å². The Labute approximate surface area is 83.1 Å². The van der Waals surface area contributed by atoms with E-state index in [9.17, 15) is 8.78 Å². The molecule has 0 saturated heterocycles. The molecule has 2 N–H and O–H groups in total. The third-order valence-corrected chi connectivity index (χ3v) is 3.01. The zero-order chi connectivity index (χ0) is 9.64. The molecule has 70 valence electrons. The van der Waals surface area contributed by atoms with Gasteiger partial charge < -0.3 is 5.73 Å². The van der Waals surface area contributed by atoms with Gasteiger partial charge in [0.05, 0.1) is 0 Å². The highest BCUT2D eigenvalue weighted by atomic mass is 79.9. The highest BCUT2D eigenvalue weighted by molar-refractivity contribution is 9.10. The first-order chi connectivity index (χ1) is 6.02. The molecule has 0 unspecified atom stereocenters. The van der Waals surface area contributed by atoms with Crippen LogP contribution in [0.1, 0.15) is 17.5 Å². The fourth-order valence-electron chi connectivity index (χ4n) is 1.71. The number of anilines is 1. The van der Waals surface area contributed by atoms with Gasteiger partial charge in [0.2, 0.25) is 0 Å². The highest BCUT2D eigenvalue weighted by Gasteiger charge is 2.41. The van der Waals surface area contributed by atoms with Crippen molar-refractivity contribution in [3.63, 3.8) is 0 Å². The molecule has 0 saturated carbocycles. The third-order valence-electron chi connectivity index (χ3n) is 2.35. The van der Waals surface area contributed by atoms with E-state index in [-0.39, 0.29) is 12.0 Å². The number of hydrogen-bond donors (Lipinski definition) is 1. The Morgan fingerprint density at radius 3 is 2.69 bits per heavy atom. The summed E-state index contributed by atoms with van der Waals surface area (Å²) < 4.78 is 27.0. The van der Waals surface area contributed by atoms with Crippen LogP contribution >= 0.6 is 15.9 Å². The van der Waals surface area contributed by atoms with Gasteiger partial charge in [-0.3, -0.25) is 0 Å². The van der Waals surface area contributed by atoms with Crippen molar-refractivity contribution in [2.24, 2.45) is 0 Å². The van der Waals surface area contributed by atoms with E-state index >= 15 is 0 Å². The maximum atomic E-state index is 13.3. The van der Waals surface area contributed by atoms with Gasteiger partial charge in [0.25, 0.3) is 5.92 Å². The Morgan fingerprint density at radius 2 is 2.08 bits per heavy atom. The van der Waals surface area contributed by atoms with Gasteiger partial charge in [-0.05, 0) is 24.1 Å². The molecule has 1 nitrogen and oxygen atoms in total. The van der Waals surface area contributed by atoms with E-state index in [4.69, 9.17) is 5.73 Å². The molecule has 0 radical (unpaired) electrons. The van der Waals surface area contributed by atoms with Crippen molar-refractivity contribution in [2.75, 3.05) is 5.73 Å². The molecule has 0 spiro atoms. The fraction of sp³-hybridized carbons (Fsp3) is 0.333. The van der Waals surface area contributed by atoms with E-state index in [1.165, 1.54) is 0 Å². The lowest BCUT2D eigenvalue weighted by molar-refractivity contribution is -0.00250. The van der Waals surface area contributed by atoms with Crippen LogP contribution in [0.15, 0.2) is 16.6 Å². The van der Waals surface area contributed by atoms with Crippen molar-refractivity contribution >= 4 is 21.6 Å². The summed E-state index contributed by atoms with van der Waals surface area (Å²) in [4.78, 5) is 0. The summed E-state index contributed by atoms with van der Waals surface area (Å²) in [5.41, 5.74) is 6.75. The number of fused-ring (bicyclic) bond motifs is 1. The first-order valence-electron chi connectivity index (χ1n) is 3.97. The van der Waals surface area contributed by atoms with Crippen molar-refractivity contribution < 1.29 is 8.78 Å². The molecular weight excluding hydrogens is 240 g/mol. The summed E-state index contributed by atoms with van der Waals surface area (Å²) in [5, 5.41) is 0. The van der Waals surface area contributed by atoms with Gasteiger partial charge in [-0.2, -0.15) is 0 Å². The van der Waals surface area contributed by atoms with Crippen molar-refractivity contribution in [3.05, 3.63) is 27.7 Å². The lowest BCUT2D eigenvalue weighted by atomic mass is 10.1. The number of nitrogen functional groups attached to an aromatic ring is 1. The normalized spacial score (nSPS) is 18.7. The molecule has 0 aliphatic heterocycles. The summed E-state index contributed by atoms with van der Waals surface area (Å²) in [7, 11) is 0. The van der Waals surface area contributed by atoms with Crippen LogP contribution < -0.4 is 5.73 Å². The average Bonchev–Trinajstić information content (AvgIpc) is 2.36. The van der Waals surface area contributed by atoms with Gasteiger partial charge in [0, 0.05) is 22.1 Å². The molecule has 1 aromatic rings. The molecular formula is C9H8BrF2N. The largest absolute Gasteiger partial charge is 0.398 e. The Balaban J connectivity index is 2.70. The summed E-state index contributed by atoms with van der Waals surface area (Å²) >= 11 is 3.12. The molecule has 4 heteroatoms. The van der Waals surface area contributed by atoms with Gasteiger partial charge in [-0.15, -0.1) is 0 Å². The smallest absolute Gasteiger partial charge is 0.275 e. The molecule has 2 rings (SSSR count). The Kier molecular flexibility index (Phi) is 1.84. The van der Waals surface area contributed by atoms with Crippen molar-refractivity contribution in [1.82, 2.24) is 0 Å². The van der Waals surface area contributed by atoms with E-state index in [0.29, 0.717) is 22.1 Å². The first kappa shape index (κ1) is 8.94. The minimum Gasteiger partial charge on any atom is -0.398 e. The van der Waals surface area contributed by atoms with Crippen LogP contribution in [0, 0.1) is 0 Å². The Morgan fingerprint density at radius 1 is 1.38 bits per heavy atom. The number of rotatable bonds is 0. The molecule has 0 heterocycles. The lowest BCUT2D eigenvalue weighted by Gasteiger charge is -2.12. The fourth-order valence-corrected chi connectivity index (χ4v) is 2.37. The molecule has 0 atom stereocenters. The predicted octanol–water partition coefficient (Wildman–Crippen LogP) is 3.07. The minimum atomic E-state index is -2.72. The molecule has 1 aliphatic carbocycles. The predicted molar refractivity (Wildman–Crippen MR) is 50.8 cm³/mol. The maximum Gasteiger partial charge on any atom is 0.275 e. The molecule has 0 amide bonds. The van der Waals surface area contributed by atoms with E-state index in [1.807, 2.05) is 0 Å². The number of alkyl halides is 2. The zero-order valence-electron chi connectivity index (χ0n) is 6.78. The van der Waals surface area contributed by atoms with Crippen LogP contribution in [0.25, 0.3) is 0 Å². The first-order valence-corrected chi connectivity index (χ1v) is 4.77. The monoisotopic (exact) mass is 247 g/mol. The number of nitrogens with two attached hydrogens (primary N) is 1. The van der Waals surface area contributed by atoms with Gasteiger partial charge in [-0.25, -0.2) is 8.78 Å². The average molecular weight is 248 g/mol. The summed E-state index contributed by atoms with van der Waals surface area (Å²) in [6.07, 6.45) is 0.239. The maximum absolute atomic E-state index is 13.3. The van der Waals surface area contributed by atoms with Crippen LogP contribution in [0.3, 0.4) is 0 Å². The van der Waals surface area contributed by atoms with Crippen LogP contribution in [0.5, 0.6) is 0 Å². The summed E-state index contributed by atoms with van der Waals surface area (Å²) in [6.45, 7) is 0. The summed E-state index contributed by atoms with van der Waals surface area (Å²) in [5.74, 6) is -2.72. The topological polar surface area (TPSA) is 26.0 Å². The molecule has 0 bridgehead atoms. The van der Waals surface area contributed by atoms with E-state index in [2.05, 4.69) is 15.9 Å². The van der Waals surface area contributed by atoms with Gasteiger partial charge in [0.1, 0.15) is 0 Å². The number of halogens is 3. The van der Waals surface area contributed by atoms with Gasteiger partial charge in [-0.1, -0.05) is 15.9 Å². The van der Waals surface area contributed by atoms with Crippen LogP contribution in [0.2, 0.25) is 0 Å². The number of hydrogen-bond acceptors (Lipinski definition) is 1. The second-order valence-electron chi connectivity index (χ2n) is 3.19. The molecule has 1 aromatic carbocycles. The third kappa shape index (κ3) is 1.24. The van der Waals surface area contributed by atoms with Gasteiger partial charge in [0.15, 0.2) is 0 Å². The SMILES string of the molecule is Nc1ccc(Br)c2c1CCC2(F)F. The summed E-state index contributed by atoms with van der Waals surface area (Å²) in [6, 6.07) is 3.23. The van der Waals surface area contributed by atoms with E-state index in [0.717, 1.165) is 0 Å². The molecule has 1 aliphatic rings. The van der Waals surface area contributed by atoms with E-state index in [1.54, 1.807) is 12.1 Å². The zero-order valence-corrected chi connectivity index (χ0v) is 8.37. The van der Waals surface area contributed by atoms with Crippen molar-refractivity contribution in [2.45, 2.75) is 18.8 Å². The van der Waals surface area contributed by atoms with Gasteiger partial charge >= 0.3 is 0 Å². The molecule has 13 heavy (non-hydrogen) atoms. The molecule has 0 aromatic heterocycles. The second-order valence-corrected chi connectivity index (χ2v) is 4.05.